The normalized spacial score (nSPS) is 15.9. The third-order valence-corrected chi connectivity index (χ3v) is 4.10. The maximum atomic E-state index is 12.5. The first-order chi connectivity index (χ1) is 11.1. The van der Waals surface area contributed by atoms with Gasteiger partial charge in [-0.2, -0.15) is 0 Å². The van der Waals surface area contributed by atoms with Crippen molar-refractivity contribution < 1.29 is 23.8 Å². The summed E-state index contributed by atoms with van der Waals surface area (Å²) in [5.74, 6) is -1.14. The molecule has 0 amide bonds. The molecule has 0 radical (unpaired) electrons. The zero-order valence-electron chi connectivity index (χ0n) is 13.6. The van der Waals surface area contributed by atoms with Gasteiger partial charge < -0.3 is 14.2 Å². The van der Waals surface area contributed by atoms with Gasteiger partial charge in [-0.3, -0.25) is 14.5 Å². The highest BCUT2D eigenvalue weighted by atomic mass is 16.5. The van der Waals surface area contributed by atoms with E-state index in [1.807, 2.05) is 35.2 Å². The first-order valence-corrected chi connectivity index (χ1v) is 7.63. The number of nitrogens with zero attached hydrogens (tertiary/aromatic N) is 1. The lowest BCUT2D eigenvalue weighted by Crippen LogP contribution is -2.53. The van der Waals surface area contributed by atoms with Gasteiger partial charge in [0.1, 0.15) is 0 Å². The van der Waals surface area contributed by atoms with E-state index in [0.717, 1.165) is 5.56 Å². The molecule has 0 N–H and O–H groups in total. The molecule has 0 aliphatic carbocycles. The minimum Gasteiger partial charge on any atom is -0.468 e. The summed E-state index contributed by atoms with van der Waals surface area (Å²) in [5.41, 5.74) is -0.487. The molecule has 1 fully saturated rings. The minimum absolute atomic E-state index is 0.241. The van der Waals surface area contributed by atoms with Crippen molar-refractivity contribution >= 4 is 11.9 Å². The Morgan fingerprint density at radius 3 is 2.17 bits per heavy atom. The van der Waals surface area contributed by atoms with E-state index in [2.05, 4.69) is 0 Å². The largest absolute Gasteiger partial charge is 0.468 e. The molecule has 0 saturated carbocycles. The fourth-order valence-electron chi connectivity index (χ4n) is 2.89. The monoisotopic (exact) mass is 321 g/mol. The van der Waals surface area contributed by atoms with Crippen molar-refractivity contribution in [3.63, 3.8) is 0 Å². The molecule has 0 bridgehead atoms. The van der Waals surface area contributed by atoms with Gasteiger partial charge in [0.25, 0.3) is 0 Å². The number of methoxy groups -OCH3 is 2. The van der Waals surface area contributed by atoms with Crippen LogP contribution >= 0.6 is 0 Å². The zero-order chi connectivity index (χ0) is 16.7. The minimum atomic E-state index is -1.37. The molecule has 6 heteroatoms. The average molecular weight is 321 g/mol. The Hall–Kier alpha value is -1.92. The number of ether oxygens (including phenoxy) is 3. The molecule has 126 valence electrons. The van der Waals surface area contributed by atoms with E-state index in [4.69, 9.17) is 14.2 Å². The molecule has 1 aliphatic heterocycles. The van der Waals surface area contributed by atoms with Crippen LogP contribution in [-0.2, 0) is 30.2 Å². The van der Waals surface area contributed by atoms with Crippen molar-refractivity contribution in [3.05, 3.63) is 35.9 Å². The number of carbonyl (C=O) groups excluding carboxylic acids is 2. The van der Waals surface area contributed by atoms with Crippen LogP contribution in [0.5, 0.6) is 0 Å². The number of benzene rings is 1. The fourth-order valence-corrected chi connectivity index (χ4v) is 2.89. The fraction of sp³-hybridized carbons (Fsp3) is 0.529. The maximum absolute atomic E-state index is 12.5. The summed E-state index contributed by atoms with van der Waals surface area (Å²) < 4.78 is 15.2. The predicted octanol–water partition coefficient (Wildman–Crippen LogP) is 0.894. The van der Waals surface area contributed by atoms with Crippen molar-refractivity contribution in [2.75, 3.05) is 47.1 Å². The molecule has 6 nitrogen and oxygen atoms in total. The standard InChI is InChI=1S/C17H23NO5/c1-21-15(19)17(16(20)22-2,12-14-6-4-3-5-7-14)13-18-8-10-23-11-9-18/h3-7H,8-13H2,1-2H3. The SMILES string of the molecule is COC(=O)C(Cc1ccccc1)(CN1CCOCC1)C(=O)OC. The predicted molar refractivity (Wildman–Crippen MR) is 83.9 cm³/mol. The molecule has 1 saturated heterocycles. The van der Waals surface area contributed by atoms with Crippen LogP contribution in [0.25, 0.3) is 0 Å². The Kier molecular flexibility index (Phi) is 6.12. The van der Waals surface area contributed by atoms with E-state index in [0.29, 0.717) is 26.3 Å². The summed E-state index contributed by atoms with van der Waals surface area (Å²) in [6.45, 7) is 2.77. The summed E-state index contributed by atoms with van der Waals surface area (Å²) in [6, 6.07) is 9.43. The Morgan fingerprint density at radius 1 is 1.09 bits per heavy atom. The van der Waals surface area contributed by atoms with Crippen LogP contribution < -0.4 is 0 Å². The van der Waals surface area contributed by atoms with Crippen LogP contribution in [0.1, 0.15) is 5.56 Å². The average Bonchev–Trinajstić information content (AvgIpc) is 2.61. The number of morpholine rings is 1. The first-order valence-electron chi connectivity index (χ1n) is 7.63. The van der Waals surface area contributed by atoms with Crippen molar-refractivity contribution in [1.29, 1.82) is 0 Å². The van der Waals surface area contributed by atoms with Gasteiger partial charge in [-0.05, 0) is 5.56 Å². The topological polar surface area (TPSA) is 65.1 Å². The van der Waals surface area contributed by atoms with Crippen molar-refractivity contribution in [3.8, 4) is 0 Å². The highest BCUT2D eigenvalue weighted by Crippen LogP contribution is 2.29. The Balaban J connectivity index is 2.32. The molecule has 0 aromatic heterocycles. The zero-order valence-corrected chi connectivity index (χ0v) is 13.6. The molecule has 2 rings (SSSR count). The van der Waals surface area contributed by atoms with Gasteiger partial charge in [0.2, 0.25) is 0 Å². The van der Waals surface area contributed by atoms with Crippen LogP contribution in [0.3, 0.4) is 0 Å². The Morgan fingerprint density at radius 2 is 1.65 bits per heavy atom. The lowest BCUT2D eigenvalue weighted by atomic mass is 9.80. The Bertz CT molecular complexity index is 509. The number of esters is 2. The summed E-state index contributed by atoms with van der Waals surface area (Å²) in [5, 5.41) is 0. The summed E-state index contributed by atoms with van der Waals surface area (Å²) in [4.78, 5) is 27.1. The van der Waals surface area contributed by atoms with Crippen molar-refractivity contribution in [2.45, 2.75) is 6.42 Å². The summed E-state index contributed by atoms with van der Waals surface area (Å²) >= 11 is 0. The number of hydrogen-bond acceptors (Lipinski definition) is 6. The number of carbonyl (C=O) groups is 2. The van der Waals surface area contributed by atoms with Gasteiger partial charge in [-0.25, -0.2) is 0 Å². The smallest absolute Gasteiger partial charge is 0.324 e. The van der Waals surface area contributed by atoms with Gasteiger partial charge in [0.15, 0.2) is 5.41 Å². The van der Waals surface area contributed by atoms with E-state index < -0.39 is 17.4 Å². The van der Waals surface area contributed by atoms with Gasteiger partial charge in [0.05, 0.1) is 27.4 Å². The highest BCUT2D eigenvalue weighted by Gasteiger charge is 2.49. The second-order valence-electron chi connectivity index (χ2n) is 5.62. The van der Waals surface area contributed by atoms with E-state index in [1.165, 1.54) is 14.2 Å². The van der Waals surface area contributed by atoms with Crippen LogP contribution in [0.4, 0.5) is 0 Å². The van der Waals surface area contributed by atoms with Crippen molar-refractivity contribution in [1.82, 2.24) is 4.90 Å². The van der Waals surface area contributed by atoms with Gasteiger partial charge in [-0.1, -0.05) is 30.3 Å². The van der Waals surface area contributed by atoms with Crippen molar-refractivity contribution in [2.24, 2.45) is 5.41 Å². The number of rotatable bonds is 6. The van der Waals surface area contributed by atoms with Gasteiger partial charge in [0, 0.05) is 26.1 Å². The molecular formula is C17H23NO5. The molecule has 0 spiro atoms. The lowest BCUT2D eigenvalue weighted by molar-refractivity contribution is -0.171. The molecule has 1 aromatic rings. The quantitative estimate of drug-likeness (QED) is 0.573. The van der Waals surface area contributed by atoms with E-state index in [9.17, 15) is 9.59 Å². The molecule has 1 aliphatic rings. The number of hydrogen-bond donors (Lipinski definition) is 0. The third kappa shape index (κ3) is 4.09. The Labute approximate surface area is 136 Å². The summed E-state index contributed by atoms with van der Waals surface area (Å²) in [6.07, 6.45) is 0.241. The van der Waals surface area contributed by atoms with Gasteiger partial charge >= 0.3 is 11.9 Å². The van der Waals surface area contributed by atoms with E-state index in [1.54, 1.807) is 0 Å². The van der Waals surface area contributed by atoms with Gasteiger partial charge in [-0.15, -0.1) is 0 Å². The molecule has 0 atom stereocenters. The van der Waals surface area contributed by atoms with Crippen LogP contribution in [0, 0.1) is 5.41 Å². The summed E-state index contributed by atoms with van der Waals surface area (Å²) in [7, 11) is 2.59. The van der Waals surface area contributed by atoms with Crippen LogP contribution in [0.15, 0.2) is 30.3 Å². The van der Waals surface area contributed by atoms with Crippen LogP contribution in [-0.4, -0.2) is 63.9 Å². The molecular weight excluding hydrogens is 298 g/mol. The highest BCUT2D eigenvalue weighted by molar-refractivity contribution is 6.00. The molecule has 1 aromatic carbocycles. The lowest BCUT2D eigenvalue weighted by Gasteiger charge is -2.35. The molecule has 0 unspecified atom stereocenters. The molecule has 1 heterocycles. The van der Waals surface area contributed by atoms with Crippen LogP contribution in [0.2, 0.25) is 0 Å². The van der Waals surface area contributed by atoms with E-state index >= 15 is 0 Å². The second-order valence-corrected chi connectivity index (χ2v) is 5.62. The molecule has 23 heavy (non-hydrogen) atoms. The first kappa shape index (κ1) is 17.4. The maximum Gasteiger partial charge on any atom is 0.324 e. The van der Waals surface area contributed by atoms with E-state index in [-0.39, 0.29) is 13.0 Å². The second kappa shape index (κ2) is 8.08. The third-order valence-electron chi connectivity index (χ3n) is 4.10.